The third-order valence-electron chi connectivity index (χ3n) is 4.07. The van der Waals surface area contributed by atoms with Crippen LogP contribution in [0.2, 0.25) is 5.02 Å². The summed E-state index contributed by atoms with van der Waals surface area (Å²) < 4.78 is 5.71. The fourth-order valence-electron chi connectivity index (χ4n) is 2.69. The monoisotopic (exact) mass is 368 g/mol. The Hall–Kier alpha value is -2.59. The number of carbonyl (C=O) groups is 1. The van der Waals surface area contributed by atoms with E-state index in [0.29, 0.717) is 36.1 Å². The van der Waals surface area contributed by atoms with Crippen molar-refractivity contribution in [2.45, 2.75) is 25.7 Å². The number of amides is 1. The van der Waals surface area contributed by atoms with E-state index in [4.69, 9.17) is 16.0 Å². The summed E-state index contributed by atoms with van der Waals surface area (Å²) in [4.78, 5) is 16.2. The van der Waals surface area contributed by atoms with Gasteiger partial charge in [0.15, 0.2) is 11.7 Å². The molecule has 0 fully saturated rings. The Bertz CT molecular complexity index is 846. The first-order chi connectivity index (χ1) is 12.7. The molecular weight excluding hydrogens is 348 g/mol. The summed E-state index contributed by atoms with van der Waals surface area (Å²) in [6.07, 6.45) is 4.35. The van der Waals surface area contributed by atoms with Gasteiger partial charge in [-0.3, -0.25) is 4.79 Å². The SMILES string of the molecule is O=C(CCc1ncc(-c2ccccc2Cl)o1)NCCCc1ccccc1. The first kappa shape index (κ1) is 18.2. The van der Waals surface area contributed by atoms with Gasteiger partial charge in [-0.2, -0.15) is 0 Å². The molecule has 0 atom stereocenters. The molecule has 26 heavy (non-hydrogen) atoms. The minimum atomic E-state index is 0.00977. The van der Waals surface area contributed by atoms with E-state index in [9.17, 15) is 4.79 Å². The lowest BCUT2D eigenvalue weighted by Crippen LogP contribution is -2.25. The second kappa shape index (κ2) is 9.20. The van der Waals surface area contributed by atoms with Crippen molar-refractivity contribution in [2.75, 3.05) is 6.54 Å². The molecule has 0 saturated carbocycles. The molecule has 4 nitrogen and oxygen atoms in total. The predicted molar refractivity (Wildman–Crippen MR) is 103 cm³/mol. The zero-order valence-corrected chi connectivity index (χ0v) is 15.2. The number of aryl methyl sites for hydroxylation is 2. The fraction of sp³-hybridized carbons (Fsp3) is 0.238. The van der Waals surface area contributed by atoms with Gasteiger partial charge in [0.2, 0.25) is 5.91 Å². The van der Waals surface area contributed by atoms with Crippen molar-refractivity contribution in [3.8, 4) is 11.3 Å². The van der Waals surface area contributed by atoms with Crippen LogP contribution in [0.25, 0.3) is 11.3 Å². The fourth-order valence-corrected chi connectivity index (χ4v) is 2.91. The Balaban J connectivity index is 1.40. The van der Waals surface area contributed by atoms with Gasteiger partial charge in [-0.15, -0.1) is 0 Å². The molecule has 0 aliphatic rings. The molecule has 1 amide bonds. The molecule has 0 saturated heterocycles. The molecule has 0 unspecified atom stereocenters. The zero-order chi connectivity index (χ0) is 18.2. The Morgan fingerprint density at radius 3 is 2.62 bits per heavy atom. The largest absolute Gasteiger partial charge is 0.441 e. The van der Waals surface area contributed by atoms with Crippen LogP contribution in [0.1, 0.15) is 24.3 Å². The molecule has 5 heteroatoms. The van der Waals surface area contributed by atoms with E-state index in [-0.39, 0.29) is 5.91 Å². The number of aromatic nitrogens is 1. The predicted octanol–water partition coefficient (Wildman–Crippen LogP) is 4.68. The molecule has 1 N–H and O–H groups in total. The maximum atomic E-state index is 12.0. The third-order valence-corrected chi connectivity index (χ3v) is 4.40. The number of benzene rings is 2. The molecule has 0 spiro atoms. The number of oxazole rings is 1. The molecule has 0 aliphatic carbocycles. The number of halogens is 1. The minimum absolute atomic E-state index is 0.00977. The van der Waals surface area contributed by atoms with Crippen LogP contribution in [0.5, 0.6) is 0 Å². The van der Waals surface area contributed by atoms with Crippen molar-refractivity contribution in [3.63, 3.8) is 0 Å². The van der Waals surface area contributed by atoms with Gasteiger partial charge in [-0.1, -0.05) is 54.1 Å². The van der Waals surface area contributed by atoms with E-state index in [1.807, 2.05) is 42.5 Å². The van der Waals surface area contributed by atoms with Crippen LogP contribution < -0.4 is 5.32 Å². The van der Waals surface area contributed by atoms with Crippen molar-refractivity contribution in [2.24, 2.45) is 0 Å². The number of nitrogens with one attached hydrogen (secondary N) is 1. The van der Waals surface area contributed by atoms with E-state index in [1.54, 1.807) is 6.20 Å². The van der Waals surface area contributed by atoms with E-state index in [2.05, 4.69) is 22.4 Å². The summed E-state index contributed by atoms with van der Waals surface area (Å²) in [5, 5.41) is 3.56. The lowest BCUT2D eigenvalue weighted by molar-refractivity contribution is -0.121. The second-order valence-corrected chi connectivity index (χ2v) is 6.44. The van der Waals surface area contributed by atoms with E-state index >= 15 is 0 Å². The van der Waals surface area contributed by atoms with Crippen molar-refractivity contribution in [3.05, 3.63) is 77.3 Å². The maximum Gasteiger partial charge on any atom is 0.220 e. The number of carbonyl (C=O) groups excluding carboxylic acids is 1. The number of nitrogens with zero attached hydrogens (tertiary/aromatic N) is 1. The number of hydrogen-bond donors (Lipinski definition) is 1. The Kier molecular flexibility index (Phi) is 6.45. The van der Waals surface area contributed by atoms with E-state index < -0.39 is 0 Å². The molecule has 2 aromatic carbocycles. The average Bonchev–Trinajstić information content (AvgIpc) is 3.13. The van der Waals surface area contributed by atoms with Crippen LogP contribution in [-0.2, 0) is 17.6 Å². The molecule has 0 bridgehead atoms. The van der Waals surface area contributed by atoms with Crippen molar-refractivity contribution >= 4 is 17.5 Å². The number of rotatable bonds is 8. The van der Waals surface area contributed by atoms with Crippen LogP contribution in [-0.4, -0.2) is 17.4 Å². The molecular formula is C21H21ClN2O2. The van der Waals surface area contributed by atoms with Crippen molar-refractivity contribution in [1.29, 1.82) is 0 Å². The standard InChI is InChI=1S/C21H21ClN2O2/c22-18-11-5-4-10-17(18)19-15-24-21(26-19)13-12-20(25)23-14-6-9-16-7-2-1-3-8-16/h1-5,7-8,10-11,15H,6,9,12-14H2,(H,23,25). The summed E-state index contributed by atoms with van der Waals surface area (Å²) in [5.41, 5.74) is 2.09. The minimum Gasteiger partial charge on any atom is -0.441 e. The molecule has 3 aromatic rings. The molecule has 134 valence electrons. The highest BCUT2D eigenvalue weighted by Crippen LogP contribution is 2.28. The normalized spacial score (nSPS) is 10.7. The highest BCUT2D eigenvalue weighted by molar-refractivity contribution is 6.33. The molecule has 0 radical (unpaired) electrons. The Labute approximate surface area is 158 Å². The van der Waals surface area contributed by atoms with Gasteiger partial charge in [0.05, 0.1) is 11.2 Å². The first-order valence-electron chi connectivity index (χ1n) is 8.72. The summed E-state index contributed by atoms with van der Waals surface area (Å²) in [5.74, 6) is 1.17. The summed E-state index contributed by atoms with van der Waals surface area (Å²) in [7, 11) is 0. The van der Waals surface area contributed by atoms with Gasteiger partial charge in [0.25, 0.3) is 0 Å². The van der Waals surface area contributed by atoms with Gasteiger partial charge in [-0.05, 0) is 30.5 Å². The lowest BCUT2D eigenvalue weighted by atomic mass is 10.1. The second-order valence-electron chi connectivity index (χ2n) is 6.04. The van der Waals surface area contributed by atoms with E-state index in [1.165, 1.54) is 5.56 Å². The van der Waals surface area contributed by atoms with E-state index in [0.717, 1.165) is 18.4 Å². The van der Waals surface area contributed by atoms with Gasteiger partial charge >= 0.3 is 0 Å². The van der Waals surface area contributed by atoms with Crippen molar-refractivity contribution in [1.82, 2.24) is 10.3 Å². The molecule has 1 heterocycles. The zero-order valence-electron chi connectivity index (χ0n) is 14.5. The highest BCUT2D eigenvalue weighted by atomic mass is 35.5. The topological polar surface area (TPSA) is 55.1 Å². The number of hydrogen-bond acceptors (Lipinski definition) is 3. The molecule has 0 aliphatic heterocycles. The van der Waals surface area contributed by atoms with Crippen LogP contribution >= 0.6 is 11.6 Å². The lowest BCUT2D eigenvalue weighted by Gasteiger charge is -2.04. The Morgan fingerprint density at radius 2 is 1.81 bits per heavy atom. The van der Waals surface area contributed by atoms with Gasteiger partial charge < -0.3 is 9.73 Å². The summed E-state index contributed by atoms with van der Waals surface area (Å²) >= 11 is 6.16. The summed E-state index contributed by atoms with van der Waals surface area (Å²) in [6.45, 7) is 0.671. The van der Waals surface area contributed by atoms with Crippen LogP contribution in [0.15, 0.2) is 65.2 Å². The smallest absolute Gasteiger partial charge is 0.220 e. The maximum absolute atomic E-state index is 12.0. The average molecular weight is 369 g/mol. The first-order valence-corrected chi connectivity index (χ1v) is 9.10. The van der Waals surface area contributed by atoms with Gasteiger partial charge in [0.1, 0.15) is 0 Å². The van der Waals surface area contributed by atoms with Crippen LogP contribution in [0.3, 0.4) is 0 Å². The van der Waals surface area contributed by atoms with Gasteiger partial charge in [0, 0.05) is 24.9 Å². The van der Waals surface area contributed by atoms with Crippen LogP contribution in [0.4, 0.5) is 0 Å². The van der Waals surface area contributed by atoms with Crippen molar-refractivity contribution < 1.29 is 9.21 Å². The third kappa shape index (κ3) is 5.20. The summed E-state index contributed by atoms with van der Waals surface area (Å²) in [6, 6.07) is 17.7. The quantitative estimate of drug-likeness (QED) is 0.587. The Morgan fingerprint density at radius 1 is 1.04 bits per heavy atom. The van der Waals surface area contributed by atoms with Crippen LogP contribution in [0, 0.1) is 0 Å². The molecule has 3 rings (SSSR count). The highest BCUT2D eigenvalue weighted by Gasteiger charge is 2.10. The van der Waals surface area contributed by atoms with Gasteiger partial charge in [-0.25, -0.2) is 4.98 Å². The molecule has 1 aromatic heterocycles.